The predicted molar refractivity (Wildman–Crippen MR) is 133 cm³/mol. The number of amides is 2. The summed E-state index contributed by atoms with van der Waals surface area (Å²) < 4.78 is 0. The van der Waals surface area contributed by atoms with E-state index in [1.54, 1.807) is 18.5 Å². The van der Waals surface area contributed by atoms with E-state index in [4.69, 9.17) is 5.73 Å². The number of nitrogens with two attached hydrogens (primary N) is 1. The van der Waals surface area contributed by atoms with Crippen molar-refractivity contribution >= 4 is 28.8 Å². The van der Waals surface area contributed by atoms with Crippen LogP contribution in [0.1, 0.15) is 30.2 Å². The highest BCUT2D eigenvalue weighted by Crippen LogP contribution is 2.25. The summed E-state index contributed by atoms with van der Waals surface area (Å²) in [5, 5.41) is 8.94. The van der Waals surface area contributed by atoms with E-state index in [9.17, 15) is 9.59 Å². The van der Waals surface area contributed by atoms with E-state index in [0.29, 0.717) is 11.3 Å². The fourth-order valence-corrected chi connectivity index (χ4v) is 3.31. The van der Waals surface area contributed by atoms with Gasteiger partial charge in [-0.1, -0.05) is 12.7 Å². The number of anilines is 2. The van der Waals surface area contributed by atoms with Gasteiger partial charge in [-0.2, -0.15) is 0 Å². The van der Waals surface area contributed by atoms with Crippen LogP contribution in [0.25, 0.3) is 5.57 Å². The lowest BCUT2D eigenvalue weighted by atomic mass is 10.2. The van der Waals surface area contributed by atoms with Crippen LogP contribution in [0.5, 0.6) is 0 Å². The Labute approximate surface area is 199 Å². The summed E-state index contributed by atoms with van der Waals surface area (Å²) >= 11 is 0. The van der Waals surface area contributed by atoms with Crippen molar-refractivity contribution in [1.29, 1.82) is 0 Å². The number of carbonyl (C=O) groups excluding carboxylic acids is 2. The Morgan fingerprint density at radius 1 is 1.21 bits per heavy atom. The molecule has 3 heterocycles. The van der Waals surface area contributed by atoms with E-state index in [1.807, 2.05) is 19.9 Å². The van der Waals surface area contributed by atoms with Crippen molar-refractivity contribution in [3.05, 3.63) is 72.7 Å². The molecule has 0 bridgehead atoms. The Bertz CT molecular complexity index is 1100. The van der Waals surface area contributed by atoms with Crippen LogP contribution < -0.4 is 26.6 Å². The molecule has 0 radical (unpaired) electrons. The third-order valence-electron chi connectivity index (χ3n) is 4.99. The Hall–Kier alpha value is -4.05. The zero-order chi connectivity index (χ0) is 24.5. The smallest absolute Gasteiger partial charge is 0.274 e. The van der Waals surface area contributed by atoms with Gasteiger partial charge in [-0.25, -0.2) is 9.97 Å². The monoisotopic (exact) mass is 462 g/mol. The molecule has 10 nitrogen and oxygen atoms in total. The second kappa shape index (κ2) is 11.7. The van der Waals surface area contributed by atoms with Crippen molar-refractivity contribution in [2.24, 2.45) is 5.73 Å². The maximum absolute atomic E-state index is 13.0. The Balaban J connectivity index is 1.79. The van der Waals surface area contributed by atoms with Gasteiger partial charge in [0.1, 0.15) is 5.69 Å². The highest BCUT2D eigenvalue weighted by atomic mass is 16.2. The van der Waals surface area contributed by atoms with Crippen LogP contribution in [0.15, 0.2) is 61.2 Å². The van der Waals surface area contributed by atoms with E-state index in [1.165, 1.54) is 24.4 Å². The molecule has 1 fully saturated rings. The molecule has 1 aliphatic heterocycles. The molecule has 5 N–H and O–H groups in total. The van der Waals surface area contributed by atoms with E-state index in [2.05, 4.69) is 42.4 Å². The molecule has 0 unspecified atom stereocenters. The van der Waals surface area contributed by atoms with Crippen molar-refractivity contribution < 1.29 is 9.59 Å². The molecule has 0 aromatic carbocycles. The lowest BCUT2D eigenvalue weighted by Crippen LogP contribution is -2.43. The first-order chi connectivity index (χ1) is 16.4. The van der Waals surface area contributed by atoms with Gasteiger partial charge in [0.15, 0.2) is 5.82 Å². The van der Waals surface area contributed by atoms with Gasteiger partial charge in [0.2, 0.25) is 0 Å². The van der Waals surface area contributed by atoms with E-state index in [-0.39, 0.29) is 35.1 Å². The van der Waals surface area contributed by atoms with Gasteiger partial charge in [-0.15, -0.1) is 0 Å². The van der Waals surface area contributed by atoms with Crippen LogP contribution in [0.4, 0.5) is 11.4 Å². The van der Waals surface area contributed by atoms with Gasteiger partial charge < -0.3 is 26.6 Å². The first-order valence-corrected chi connectivity index (χ1v) is 11.0. The highest BCUT2D eigenvalue weighted by Gasteiger charge is 2.17. The Morgan fingerprint density at radius 3 is 2.68 bits per heavy atom. The van der Waals surface area contributed by atoms with E-state index >= 15 is 0 Å². The molecule has 2 aromatic heterocycles. The molecule has 10 heteroatoms. The average molecular weight is 463 g/mol. The molecule has 1 aliphatic rings. The number of pyridine rings is 1. The molecule has 3 rings (SSSR count). The normalized spacial score (nSPS) is 14.6. The number of piperazine rings is 1. The summed E-state index contributed by atoms with van der Waals surface area (Å²) in [7, 11) is 0. The number of nitrogens with one attached hydrogen (secondary N) is 3. The molecule has 0 spiro atoms. The third-order valence-corrected chi connectivity index (χ3v) is 4.99. The fraction of sp³-hybridized carbons (Fsp3) is 0.292. The molecule has 0 atom stereocenters. The van der Waals surface area contributed by atoms with Gasteiger partial charge >= 0.3 is 0 Å². The van der Waals surface area contributed by atoms with Crippen LogP contribution in [0.3, 0.4) is 0 Å². The SMILES string of the molecule is C=C/C(=C\C=C(/N)C(=O)NC(C)C)c1nccc(C(=O)Nc2cnccc2N2CCNCC2)n1. The van der Waals surface area contributed by atoms with Crippen LogP contribution in [-0.4, -0.2) is 59.0 Å². The van der Waals surface area contributed by atoms with Gasteiger partial charge in [0.25, 0.3) is 11.8 Å². The van der Waals surface area contributed by atoms with Crippen molar-refractivity contribution in [3.63, 3.8) is 0 Å². The standard InChI is InChI=1S/C24H30N8O2/c1-4-17(5-6-18(25)23(33)29-16(2)3)22-28-10-7-19(30-22)24(34)31-20-15-27-9-8-21(20)32-13-11-26-12-14-32/h4-10,15-16,26H,1,11-14,25H2,2-3H3,(H,29,33)(H,31,34)/b17-5+,18-6-. The quantitative estimate of drug-likeness (QED) is 0.342. The van der Waals surface area contributed by atoms with E-state index in [0.717, 1.165) is 31.9 Å². The fourth-order valence-electron chi connectivity index (χ4n) is 3.31. The Kier molecular flexibility index (Phi) is 8.47. The van der Waals surface area contributed by atoms with Gasteiger partial charge in [0, 0.05) is 50.2 Å². The summed E-state index contributed by atoms with van der Waals surface area (Å²) in [4.78, 5) is 39.9. The molecule has 2 aromatic rings. The van der Waals surface area contributed by atoms with E-state index < -0.39 is 0 Å². The van der Waals surface area contributed by atoms with Gasteiger partial charge in [0.05, 0.1) is 23.3 Å². The molecular weight excluding hydrogens is 432 g/mol. The minimum atomic E-state index is -0.386. The minimum absolute atomic E-state index is 0.0345. The molecule has 0 aliphatic carbocycles. The average Bonchev–Trinajstić information content (AvgIpc) is 2.85. The molecule has 1 saturated heterocycles. The third kappa shape index (κ3) is 6.48. The molecule has 2 amide bonds. The lowest BCUT2D eigenvalue weighted by Gasteiger charge is -2.30. The highest BCUT2D eigenvalue weighted by molar-refractivity contribution is 6.04. The molecular formula is C24H30N8O2. The maximum atomic E-state index is 13.0. The first kappa shape index (κ1) is 24.6. The van der Waals surface area contributed by atoms with Crippen LogP contribution in [-0.2, 0) is 4.79 Å². The summed E-state index contributed by atoms with van der Waals surface area (Å²) in [5.41, 5.74) is 8.09. The van der Waals surface area contributed by atoms with Crippen molar-refractivity contribution in [2.75, 3.05) is 36.4 Å². The topological polar surface area (TPSA) is 138 Å². The summed E-state index contributed by atoms with van der Waals surface area (Å²) in [6, 6.07) is 3.38. The lowest BCUT2D eigenvalue weighted by molar-refractivity contribution is -0.118. The molecule has 178 valence electrons. The molecule has 0 saturated carbocycles. The largest absolute Gasteiger partial charge is 0.394 e. The Morgan fingerprint density at radius 2 is 1.97 bits per heavy atom. The second-order valence-corrected chi connectivity index (χ2v) is 7.93. The first-order valence-electron chi connectivity index (χ1n) is 11.0. The van der Waals surface area contributed by atoms with Crippen LogP contribution >= 0.6 is 0 Å². The summed E-state index contributed by atoms with van der Waals surface area (Å²) in [6.45, 7) is 10.9. The number of nitrogens with zero attached hydrogens (tertiary/aromatic N) is 4. The van der Waals surface area contributed by atoms with Crippen LogP contribution in [0, 0.1) is 0 Å². The summed E-state index contributed by atoms with van der Waals surface area (Å²) in [6.07, 6.45) is 9.40. The molecule has 34 heavy (non-hydrogen) atoms. The predicted octanol–water partition coefficient (Wildman–Crippen LogP) is 1.47. The number of aromatic nitrogens is 3. The number of hydrogen-bond donors (Lipinski definition) is 4. The minimum Gasteiger partial charge on any atom is -0.394 e. The van der Waals surface area contributed by atoms with Crippen molar-refractivity contribution in [1.82, 2.24) is 25.6 Å². The number of carbonyl (C=O) groups is 2. The van der Waals surface area contributed by atoms with Crippen molar-refractivity contribution in [3.8, 4) is 0 Å². The second-order valence-electron chi connectivity index (χ2n) is 7.93. The maximum Gasteiger partial charge on any atom is 0.274 e. The van der Waals surface area contributed by atoms with Gasteiger partial charge in [-0.05, 0) is 38.1 Å². The number of hydrogen-bond acceptors (Lipinski definition) is 8. The van der Waals surface area contributed by atoms with Crippen LogP contribution in [0.2, 0.25) is 0 Å². The van der Waals surface area contributed by atoms with Gasteiger partial charge in [-0.3, -0.25) is 14.6 Å². The zero-order valence-electron chi connectivity index (χ0n) is 19.4. The summed E-state index contributed by atoms with van der Waals surface area (Å²) in [5.74, 6) is -0.479. The van der Waals surface area contributed by atoms with Crippen molar-refractivity contribution in [2.45, 2.75) is 19.9 Å². The number of allylic oxidation sites excluding steroid dienone is 4. The number of rotatable bonds is 8. The zero-order valence-corrected chi connectivity index (χ0v) is 19.4.